The zero-order valence-electron chi connectivity index (χ0n) is 10.6. The predicted octanol–water partition coefficient (Wildman–Crippen LogP) is 3.84. The van der Waals surface area contributed by atoms with Crippen molar-refractivity contribution in [2.75, 3.05) is 0 Å². The van der Waals surface area contributed by atoms with E-state index in [9.17, 15) is 10.1 Å². The highest BCUT2D eigenvalue weighted by atomic mass is 79.9. The quantitative estimate of drug-likeness (QED) is 0.484. The lowest BCUT2D eigenvalue weighted by molar-refractivity contribution is -0.386. The standard InChI is InChI=1S/C13H16BrNO3/c1-8-4-5-10(9(6-8)15(16)17)18-12-7-11(14)13(12,2)3/h4-6,11-12H,7H2,1-3H3. The molecule has 1 aliphatic rings. The molecule has 1 saturated carbocycles. The molecule has 98 valence electrons. The summed E-state index contributed by atoms with van der Waals surface area (Å²) < 4.78 is 5.81. The minimum absolute atomic E-state index is 0.00124. The van der Waals surface area contributed by atoms with Crippen LogP contribution in [0.3, 0.4) is 0 Å². The number of nitro groups is 1. The van der Waals surface area contributed by atoms with Gasteiger partial charge in [-0.05, 0) is 25.0 Å². The average molecular weight is 314 g/mol. The molecule has 0 heterocycles. The Hall–Kier alpha value is -1.10. The smallest absolute Gasteiger partial charge is 0.311 e. The van der Waals surface area contributed by atoms with E-state index in [4.69, 9.17) is 4.74 Å². The van der Waals surface area contributed by atoms with E-state index in [2.05, 4.69) is 29.8 Å². The summed E-state index contributed by atoms with van der Waals surface area (Å²) in [6.45, 7) is 6.03. The van der Waals surface area contributed by atoms with E-state index in [0.29, 0.717) is 10.6 Å². The first kappa shape index (κ1) is 13.3. The summed E-state index contributed by atoms with van der Waals surface area (Å²) in [6, 6.07) is 5.07. The molecule has 1 aromatic rings. The van der Waals surface area contributed by atoms with Gasteiger partial charge in [0.15, 0.2) is 5.75 Å². The first-order valence-corrected chi connectivity index (χ1v) is 6.79. The second-order valence-electron chi connectivity index (χ2n) is 5.36. The second-order valence-corrected chi connectivity index (χ2v) is 6.46. The minimum atomic E-state index is -0.389. The Morgan fingerprint density at radius 1 is 1.50 bits per heavy atom. The van der Waals surface area contributed by atoms with Crippen LogP contribution in [0.4, 0.5) is 5.69 Å². The van der Waals surface area contributed by atoms with E-state index in [1.807, 2.05) is 13.0 Å². The topological polar surface area (TPSA) is 52.4 Å². The fraction of sp³-hybridized carbons (Fsp3) is 0.538. The van der Waals surface area contributed by atoms with Gasteiger partial charge in [0.1, 0.15) is 6.10 Å². The molecule has 0 amide bonds. The molecule has 0 bridgehead atoms. The van der Waals surface area contributed by atoms with Gasteiger partial charge in [-0.3, -0.25) is 10.1 Å². The van der Waals surface area contributed by atoms with Crippen molar-refractivity contribution in [2.24, 2.45) is 5.41 Å². The fourth-order valence-corrected chi connectivity index (χ4v) is 2.69. The summed E-state index contributed by atoms with van der Waals surface area (Å²) in [5, 5.41) is 11.0. The van der Waals surface area contributed by atoms with E-state index in [1.54, 1.807) is 12.1 Å². The third kappa shape index (κ3) is 2.23. The third-order valence-electron chi connectivity index (χ3n) is 3.64. The van der Waals surface area contributed by atoms with Crippen LogP contribution in [-0.4, -0.2) is 15.9 Å². The summed E-state index contributed by atoms with van der Waals surface area (Å²) in [5.74, 6) is 0.364. The molecule has 0 radical (unpaired) electrons. The second kappa shape index (κ2) is 4.53. The maximum atomic E-state index is 11.0. The van der Waals surface area contributed by atoms with Crippen molar-refractivity contribution in [1.82, 2.24) is 0 Å². The van der Waals surface area contributed by atoms with Crippen LogP contribution in [0.25, 0.3) is 0 Å². The number of hydrogen-bond donors (Lipinski definition) is 0. The van der Waals surface area contributed by atoms with Crippen LogP contribution in [0.2, 0.25) is 0 Å². The van der Waals surface area contributed by atoms with Gasteiger partial charge in [-0.2, -0.15) is 0 Å². The highest BCUT2D eigenvalue weighted by Crippen LogP contribution is 2.48. The zero-order valence-corrected chi connectivity index (χ0v) is 12.2. The van der Waals surface area contributed by atoms with E-state index >= 15 is 0 Å². The molecule has 5 heteroatoms. The first-order valence-electron chi connectivity index (χ1n) is 5.88. The number of ether oxygens (including phenoxy) is 1. The number of nitrogens with zero attached hydrogens (tertiary/aromatic N) is 1. The van der Waals surface area contributed by atoms with Crippen LogP contribution in [0.1, 0.15) is 25.8 Å². The fourth-order valence-electron chi connectivity index (χ4n) is 2.06. The SMILES string of the molecule is Cc1ccc(OC2CC(Br)C2(C)C)c([N+](=O)[O-])c1. The molecule has 2 rings (SSSR count). The predicted molar refractivity (Wildman–Crippen MR) is 73.4 cm³/mol. The summed E-state index contributed by atoms with van der Waals surface area (Å²) in [6.07, 6.45) is 0.890. The summed E-state index contributed by atoms with van der Waals surface area (Å²) in [7, 11) is 0. The highest BCUT2D eigenvalue weighted by Gasteiger charge is 2.49. The summed E-state index contributed by atoms with van der Waals surface area (Å²) in [5.41, 5.74) is 0.905. The van der Waals surface area contributed by atoms with Crippen LogP contribution in [0.5, 0.6) is 5.75 Å². The van der Waals surface area contributed by atoms with Crippen molar-refractivity contribution >= 4 is 21.6 Å². The number of halogens is 1. The maximum absolute atomic E-state index is 11.0. The van der Waals surface area contributed by atoms with Crippen LogP contribution >= 0.6 is 15.9 Å². The normalized spacial score (nSPS) is 25.3. The van der Waals surface area contributed by atoms with Gasteiger partial charge in [-0.1, -0.05) is 35.8 Å². The van der Waals surface area contributed by atoms with Crippen molar-refractivity contribution in [3.05, 3.63) is 33.9 Å². The Morgan fingerprint density at radius 2 is 2.17 bits per heavy atom. The van der Waals surface area contributed by atoms with Gasteiger partial charge in [0.25, 0.3) is 0 Å². The van der Waals surface area contributed by atoms with Gasteiger partial charge in [0, 0.05) is 16.3 Å². The van der Waals surface area contributed by atoms with Gasteiger partial charge in [-0.25, -0.2) is 0 Å². The monoisotopic (exact) mass is 313 g/mol. The molecule has 0 aromatic heterocycles. The maximum Gasteiger partial charge on any atom is 0.311 e. The molecule has 1 aromatic carbocycles. The van der Waals surface area contributed by atoms with Gasteiger partial charge in [-0.15, -0.1) is 0 Å². The number of nitro benzene ring substituents is 1. The van der Waals surface area contributed by atoms with Gasteiger partial charge >= 0.3 is 5.69 Å². The Kier molecular flexibility index (Phi) is 3.36. The lowest BCUT2D eigenvalue weighted by atomic mass is 9.69. The van der Waals surface area contributed by atoms with Crippen LogP contribution in [-0.2, 0) is 0 Å². The van der Waals surface area contributed by atoms with Gasteiger partial charge in [0.2, 0.25) is 0 Å². The van der Waals surface area contributed by atoms with Crippen molar-refractivity contribution in [2.45, 2.75) is 38.1 Å². The molecule has 18 heavy (non-hydrogen) atoms. The minimum Gasteiger partial charge on any atom is -0.483 e. The first-order chi connectivity index (χ1) is 8.32. The molecule has 4 nitrogen and oxygen atoms in total. The Morgan fingerprint density at radius 3 is 2.67 bits per heavy atom. The molecule has 2 unspecified atom stereocenters. The largest absolute Gasteiger partial charge is 0.483 e. The lowest BCUT2D eigenvalue weighted by Gasteiger charge is -2.48. The summed E-state index contributed by atoms with van der Waals surface area (Å²) in [4.78, 5) is 11.0. The molecular formula is C13H16BrNO3. The molecule has 0 spiro atoms. The van der Waals surface area contributed by atoms with E-state index in [-0.39, 0.29) is 22.1 Å². The van der Waals surface area contributed by atoms with Crippen LogP contribution < -0.4 is 4.74 Å². The molecule has 0 aliphatic heterocycles. The molecule has 2 atom stereocenters. The lowest BCUT2D eigenvalue weighted by Crippen LogP contribution is -2.53. The highest BCUT2D eigenvalue weighted by molar-refractivity contribution is 9.09. The van der Waals surface area contributed by atoms with Crippen molar-refractivity contribution in [1.29, 1.82) is 0 Å². The third-order valence-corrected chi connectivity index (χ3v) is 5.19. The molecule has 0 saturated heterocycles. The number of alkyl halides is 1. The molecule has 1 fully saturated rings. The number of benzene rings is 1. The van der Waals surface area contributed by atoms with Crippen molar-refractivity contribution in [3.63, 3.8) is 0 Å². The van der Waals surface area contributed by atoms with Crippen molar-refractivity contribution < 1.29 is 9.66 Å². The Balaban J connectivity index is 2.23. The van der Waals surface area contributed by atoms with E-state index in [0.717, 1.165) is 12.0 Å². The average Bonchev–Trinajstić information content (AvgIpc) is 2.30. The number of aryl methyl sites for hydroxylation is 1. The van der Waals surface area contributed by atoms with Gasteiger partial charge < -0.3 is 4.74 Å². The van der Waals surface area contributed by atoms with Gasteiger partial charge in [0.05, 0.1) is 4.92 Å². The number of rotatable bonds is 3. The molecular weight excluding hydrogens is 298 g/mol. The van der Waals surface area contributed by atoms with Crippen molar-refractivity contribution in [3.8, 4) is 5.75 Å². The van der Waals surface area contributed by atoms with E-state index < -0.39 is 0 Å². The number of hydrogen-bond acceptors (Lipinski definition) is 3. The van der Waals surface area contributed by atoms with Crippen LogP contribution in [0, 0.1) is 22.5 Å². The Labute approximate surface area is 115 Å². The molecule has 1 aliphatic carbocycles. The Bertz CT molecular complexity index is 487. The molecule has 0 N–H and O–H groups in total. The summed E-state index contributed by atoms with van der Waals surface area (Å²) >= 11 is 3.58. The van der Waals surface area contributed by atoms with Crippen LogP contribution in [0.15, 0.2) is 18.2 Å². The zero-order chi connectivity index (χ0) is 13.5. The van der Waals surface area contributed by atoms with E-state index in [1.165, 1.54) is 0 Å².